The summed E-state index contributed by atoms with van der Waals surface area (Å²) in [5.74, 6) is 0.584. The average Bonchev–Trinajstić information content (AvgIpc) is 2.54. The summed E-state index contributed by atoms with van der Waals surface area (Å²) in [6, 6.07) is 10.8. The van der Waals surface area contributed by atoms with Crippen molar-refractivity contribution in [3.05, 3.63) is 63.6 Å². The van der Waals surface area contributed by atoms with E-state index in [1.54, 1.807) is 6.07 Å². The van der Waals surface area contributed by atoms with Crippen molar-refractivity contribution in [2.75, 3.05) is 6.61 Å². The number of hydrogen-bond donors (Lipinski definition) is 1. The summed E-state index contributed by atoms with van der Waals surface area (Å²) in [5.41, 5.74) is 2.28. The third-order valence-corrected chi connectivity index (χ3v) is 4.49. The Balaban J connectivity index is 1.87. The maximum absolute atomic E-state index is 12.5. The zero-order valence-electron chi connectivity index (χ0n) is 14.1. The molecular formula is C20H19BrO4. The molecule has 1 unspecified atom stereocenters. The minimum Gasteiger partial charge on any atom is -0.507 e. The second kappa shape index (κ2) is 7.31. The van der Waals surface area contributed by atoms with Gasteiger partial charge in [0.2, 0.25) is 0 Å². The molecule has 0 amide bonds. The van der Waals surface area contributed by atoms with Gasteiger partial charge in [0.05, 0.1) is 6.42 Å². The van der Waals surface area contributed by atoms with E-state index in [1.807, 2.05) is 44.2 Å². The summed E-state index contributed by atoms with van der Waals surface area (Å²) in [6.45, 7) is 4.36. The number of ether oxygens (including phenoxy) is 2. The summed E-state index contributed by atoms with van der Waals surface area (Å²) in [5, 5.41) is 10.2. The van der Waals surface area contributed by atoms with Crippen LogP contribution in [0.5, 0.6) is 17.2 Å². The van der Waals surface area contributed by atoms with Crippen LogP contribution in [-0.2, 0) is 0 Å². The number of halogens is 1. The molecule has 5 heteroatoms. The van der Waals surface area contributed by atoms with Crippen LogP contribution in [0.1, 0.15) is 42.3 Å². The average molecular weight is 403 g/mol. The highest BCUT2D eigenvalue weighted by Crippen LogP contribution is 2.42. The molecule has 130 valence electrons. The lowest BCUT2D eigenvalue weighted by molar-refractivity contribution is 0.0844. The normalized spacial score (nSPS) is 16.0. The van der Waals surface area contributed by atoms with Crippen LogP contribution in [0.4, 0.5) is 0 Å². The summed E-state index contributed by atoms with van der Waals surface area (Å²) >= 11 is 3.40. The van der Waals surface area contributed by atoms with Gasteiger partial charge in [0.15, 0.2) is 5.78 Å². The van der Waals surface area contributed by atoms with Crippen LogP contribution in [0.3, 0.4) is 0 Å². The Kier molecular flexibility index (Phi) is 5.13. The Morgan fingerprint density at radius 3 is 2.72 bits per heavy atom. The van der Waals surface area contributed by atoms with Crippen molar-refractivity contribution in [2.24, 2.45) is 0 Å². The fourth-order valence-electron chi connectivity index (χ4n) is 2.67. The number of aromatic hydroxyl groups is 1. The highest BCUT2D eigenvalue weighted by molar-refractivity contribution is 9.10. The molecule has 3 rings (SSSR count). The molecule has 1 atom stereocenters. The van der Waals surface area contributed by atoms with Crippen molar-refractivity contribution in [1.29, 1.82) is 0 Å². The summed E-state index contributed by atoms with van der Waals surface area (Å²) in [4.78, 5) is 12.5. The van der Waals surface area contributed by atoms with Gasteiger partial charge in [0, 0.05) is 16.6 Å². The van der Waals surface area contributed by atoms with E-state index in [1.165, 1.54) is 6.07 Å². The molecule has 1 aliphatic heterocycles. The lowest BCUT2D eigenvalue weighted by atomic mass is 9.95. The molecule has 0 saturated heterocycles. The van der Waals surface area contributed by atoms with Crippen molar-refractivity contribution in [2.45, 2.75) is 26.4 Å². The number of carbonyl (C=O) groups excluding carboxylic acids is 1. The van der Waals surface area contributed by atoms with Crippen molar-refractivity contribution in [3.63, 3.8) is 0 Å². The van der Waals surface area contributed by atoms with Gasteiger partial charge in [-0.3, -0.25) is 4.79 Å². The first-order chi connectivity index (χ1) is 11.9. The first kappa shape index (κ1) is 17.5. The molecule has 0 bridgehead atoms. The van der Waals surface area contributed by atoms with Crippen LogP contribution in [0.25, 0.3) is 0 Å². The summed E-state index contributed by atoms with van der Waals surface area (Å²) < 4.78 is 12.6. The highest BCUT2D eigenvalue weighted by atomic mass is 79.9. The van der Waals surface area contributed by atoms with Gasteiger partial charge in [-0.05, 0) is 37.6 Å². The molecule has 0 aliphatic carbocycles. The SMILES string of the molecule is CC(C)=CCOc1cc(O)c2c(c1)OC(c1ccc(Br)cc1)CC2=O. The molecule has 1 heterocycles. The van der Waals surface area contributed by atoms with Crippen molar-refractivity contribution < 1.29 is 19.4 Å². The number of carbonyl (C=O) groups is 1. The van der Waals surface area contributed by atoms with Crippen LogP contribution in [0, 0.1) is 0 Å². The van der Waals surface area contributed by atoms with Crippen LogP contribution in [-0.4, -0.2) is 17.5 Å². The van der Waals surface area contributed by atoms with Gasteiger partial charge in [0.1, 0.15) is 35.5 Å². The Morgan fingerprint density at radius 2 is 2.04 bits per heavy atom. The third-order valence-electron chi connectivity index (χ3n) is 3.96. The smallest absolute Gasteiger partial charge is 0.174 e. The number of ketones is 1. The molecule has 0 radical (unpaired) electrons. The largest absolute Gasteiger partial charge is 0.507 e. The standard InChI is InChI=1S/C20H19BrO4/c1-12(2)7-8-24-15-9-16(22)20-17(23)11-18(25-19(20)10-15)13-3-5-14(21)6-4-13/h3-7,9-10,18,22H,8,11H2,1-2H3. The zero-order chi connectivity index (χ0) is 18.0. The lowest BCUT2D eigenvalue weighted by Crippen LogP contribution is -2.20. The van der Waals surface area contributed by atoms with Gasteiger partial charge in [-0.15, -0.1) is 0 Å². The second-order valence-electron chi connectivity index (χ2n) is 6.19. The lowest BCUT2D eigenvalue weighted by Gasteiger charge is -2.26. The van der Waals surface area contributed by atoms with Crippen molar-refractivity contribution in [3.8, 4) is 17.2 Å². The predicted octanol–water partition coefficient (Wildman–Crippen LogP) is 5.21. The van der Waals surface area contributed by atoms with E-state index >= 15 is 0 Å². The molecule has 0 aromatic heterocycles. The fraction of sp³-hybridized carbons (Fsp3) is 0.250. The minimum absolute atomic E-state index is 0.107. The molecule has 1 N–H and O–H groups in total. The number of rotatable bonds is 4. The number of Topliss-reactive ketones (excluding diaryl/α,β-unsaturated/α-hetero) is 1. The van der Waals surface area contributed by atoms with Gasteiger partial charge in [-0.25, -0.2) is 0 Å². The first-order valence-corrected chi connectivity index (χ1v) is 8.82. The number of hydrogen-bond acceptors (Lipinski definition) is 4. The van der Waals surface area contributed by atoms with Gasteiger partial charge in [-0.2, -0.15) is 0 Å². The first-order valence-electron chi connectivity index (χ1n) is 8.02. The second-order valence-corrected chi connectivity index (χ2v) is 7.11. The van der Waals surface area contributed by atoms with Gasteiger partial charge < -0.3 is 14.6 Å². The van der Waals surface area contributed by atoms with Crippen LogP contribution in [0.2, 0.25) is 0 Å². The van der Waals surface area contributed by atoms with Crippen LogP contribution in [0.15, 0.2) is 52.5 Å². The fourth-order valence-corrected chi connectivity index (χ4v) is 2.93. The van der Waals surface area contributed by atoms with Gasteiger partial charge in [-0.1, -0.05) is 33.6 Å². The van der Waals surface area contributed by atoms with E-state index in [2.05, 4.69) is 15.9 Å². The maximum Gasteiger partial charge on any atom is 0.174 e. The Hall–Kier alpha value is -2.27. The van der Waals surface area contributed by atoms with E-state index in [9.17, 15) is 9.90 Å². The number of benzene rings is 2. The highest BCUT2D eigenvalue weighted by Gasteiger charge is 2.30. The monoisotopic (exact) mass is 402 g/mol. The molecule has 0 spiro atoms. The molecule has 0 saturated carbocycles. The Bertz CT molecular complexity index is 820. The third kappa shape index (κ3) is 4.04. The van der Waals surface area contributed by atoms with Gasteiger partial charge >= 0.3 is 0 Å². The van der Waals surface area contributed by atoms with E-state index in [0.29, 0.717) is 18.1 Å². The summed E-state index contributed by atoms with van der Waals surface area (Å²) in [6.07, 6.45) is 1.76. The molecule has 25 heavy (non-hydrogen) atoms. The topological polar surface area (TPSA) is 55.8 Å². The number of fused-ring (bicyclic) bond motifs is 1. The van der Waals surface area contributed by atoms with Crippen molar-refractivity contribution >= 4 is 21.7 Å². The van der Waals surface area contributed by atoms with E-state index in [-0.39, 0.29) is 29.6 Å². The molecular weight excluding hydrogens is 384 g/mol. The van der Waals surface area contributed by atoms with Crippen LogP contribution < -0.4 is 9.47 Å². The van der Waals surface area contributed by atoms with Gasteiger partial charge in [0.25, 0.3) is 0 Å². The maximum atomic E-state index is 12.5. The minimum atomic E-state index is -0.375. The molecule has 2 aromatic carbocycles. The van der Waals surface area contributed by atoms with E-state index in [4.69, 9.17) is 9.47 Å². The van der Waals surface area contributed by atoms with Crippen molar-refractivity contribution in [1.82, 2.24) is 0 Å². The van der Waals surface area contributed by atoms with Crippen LogP contribution >= 0.6 is 15.9 Å². The number of phenolic OH excluding ortho intramolecular Hbond substituents is 1. The van der Waals surface area contributed by atoms with E-state index < -0.39 is 0 Å². The number of allylic oxidation sites excluding steroid dienone is 1. The molecule has 1 aliphatic rings. The Labute approximate surface area is 155 Å². The Morgan fingerprint density at radius 1 is 1.32 bits per heavy atom. The molecule has 2 aromatic rings. The quantitative estimate of drug-likeness (QED) is 0.713. The number of phenols is 1. The predicted molar refractivity (Wildman–Crippen MR) is 99.5 cm³/mol. The molecule has 4 nitrogen and oxygen atoms in total. The molecule has 0 fully saturated rings. The summed E-state index contributed by atoms with van der Waals surface area (Å²) in [7, 11) is 0. The van der Waals surface area contributed by atoms with E-state index in [0.717, 1.165) is 15.6 Å². The zero-order valence-corrected chi connectivity index (χ0v) is 15.7.